The summed E-state index contributed by atoms with van der Waals surface area (Å²) in [6.45, 7) is 8.79. The average molecular weight is 293 g/mol. The summed E-state index contributed by atoms with van der Waals surface area (Å²) in [6, 6.07) is 0. The van der Waals surface area contributed by atoms with Gasteiger partial charge in [-0.1, -0.05) is 32.1 Å². The SMILES string of the molecule is CC(C)(C)c1nnc2sc(CCC3CCCNC3)nn12. The molecule has 1 aliphatic rings. The molecule has 1 atom stereocenters. The predicted molar refractivity (Wildman–Crippen MR) is 81.3 cm³/mol. The van der Waals surface area contributed by atoms with E-state index in [0.29, 0.717) is 0 Å². The Kier molecular flexibility index (Phi) is 3.77. The van der Waals surface area contributed by atoms with Crippen molar-refractivity contribution < 1.29 is 0 Å². The van der Waals surface area contributed by atoms with E-state index in [0.717, 1.165) is 29.7 Å². The number of nitrogens with one attached hydrogen (secondary N) is 1. The molecule has 110 valence electrons. The fraction of sp³-hybridized carbons (Fsp3) is 0.786. The zero-order valence-electron chi connectivity index (χ0n) is 12.5. The third-order valence-corrected chi connectivity index (χ3v) is 4.83. The van der Waals surface area contributed by atoms with Gasteiger partial charge in [0.15, 0.2) is 5.82 Å². The van der Waals surface area contributed by atoms with Gasteiger partial charge in [-0.05, 0) is 38.3 Å². The van der Waals surface area contributed by atoms with Crippen molar-refractivity contribution in [1.82, 2.24) is 25.1 Å². The van der Waals surface area contributed by atoms with Crippen molar-refractivity contribution >= 4 is 16.3 Å². The van der Waals surface area contributed by atoms with Gasteiger partial charge in [-0.3, -0.25) is 0 Å². The summed E-state index contributed by atoms with van der Waals surface area (Å²) in [7, 11) is 0. The van der Waals surface area contributed by atoms with Gasteiger partial charge in [0.1, 0.15) is 5.01 Å². The minimum atomic E-state index is -0.0158. The molecule has 3 heterocycles. The van der Waals surface area contributed by atoms with Gasteiger partial charge in [-0.2, -0.15) is 9.61 Å². The summed E-state index contributed by atoms with van der Waals surface area (Å²) >= 11 is 1.68. The Balaban J connectivity index is 1.71. The maximum Gasteiger partial charge on any atom is 0.234 e. The quantitative estimate of drug-likeness (QED) is 0.944. The van der Waals surface area contributed by atoms with Gasteiger partial charge in [0.25, 0.3) is 0 Å². The van der Waals surface area contributed by atoms with Crippen LogP contribution in [0.4, 0.5) is 0 Å². The Labute approximate surface area is 123 Å². The highest BCUT2D eigenvalue weighted by atomic mass is 32.1. The molecule has 0 saturated carbocycles. The molecule has 0 spiro atoms. The molecule has 0 aromatic carbocycles. The Morgan fingerprint density at radius 1 is 1.35 bits per heavy atom. The van der Waals surface area contributed by atoms with Gasteiger partial charge in [-0.25, -0.2) is 0 Å². The van der Waals surface area contributed by atoms with Crippen LogP contribution in [0.2, 0.25) is 0 Å². The second-order valence-corrected chi connectivity index (χ2v) is 7.76. The molecule has 1 unspecified atom stereocenters. The number of aryl methyl sites for hydroxylation is 1. The van der Waals surface area contributed by atoms with E-state index in [-0.39, 0.29) is 5.41 Å². The lowest BCUT2D eigenvalue weighted by atomic mass is 9.95. The number of piperidine rings is 1. The fourth-order valence-electron chi connectivity index (χ4n) is 2.72. The summed E-state index contributed by atoms with van der Waals surface area (Å²) in [5.74, 6) is 1.76. The molecule has 6 heteroatoms. The third-order valence-electron chi connectivity index (χ3n) is 3.87. The van der Waals surface area contributed by atoms with E-state index in [1.165, 1.54) is 30.8 Å². The summed E-state index contributed by atoms with van der Waals surface area (Å²) in [6.07, 6.45) is 4.94. The Morgan fingerprint density at radius 3 is 2.90 bits per heavy atom. The van der Waals surface area contributed by atoms with Crippen molar-refractivity contribution in [3.63, 3.8) is 0 Å². The first-order chi connectivity index (χ1) is 9.54. The topological polar surface area (TPSA) is 55.1 Å². The smallest absolute Gasteiger partial charge is 0.234 e. The number of hydrogen-bond acceptors (Lipinski definition) is 5. The van der Waals surface area contributed by atoms with E-state index < -0.39 is 0 Å². The maximum absolute atomic E-state index is 4.71. The Morgan fingerprint density at radius 2 is 2.20 bits per heavy atom. The van der Waals surface area contributed by atoms with Crippen molar-refractivity contribution in [3.05, 3.63) is 10.8 Å². The molecule has 2 aromatic heterocycles. The van der Waals surface area contributed by atoms with Crippen molar-refractivity contribution in [1.29, 1.82) is 0 Å². The molecule has 0 amide bonds. The lowest BCUT2D eigenvalue weighted by Gasteiger charge is -2.21. The molecule has 1 fully saturated rings. The lowest BCUT2D eigenvalue weighted by molar-refractivity contribution is 0.357. The molecule has 20 heavy (non-hydrogen) atoms. The van der Waals surface area contributed by atoms with Crippen molar-refractivity contribution in [2.45, 2.75) is 51.9 Å². The van der Waals surface area contributed by atoms with Crippen LogP contribution in [-0.2, 0) is 11.8 Å². The summed E-state index contributed by atoms with van der Waals surface area (Å²) in [5, 5.41) is 17.9. The summed E-state index contributed by atoms with van der Waals surface area (Å²) in [5.41, 5.74) is -0.0158. The van der Waals surface area contributed by atoms with Crippen molar-refractivity contribution in [3.8, 4) is 0 Å². The van der Waals surface area contributed by atoms with Crippen LogP contribution >= 0.6 is 11.3 Å². The summed E-state index contributed by atoms with van der Waals surface area (Å²) in [4.78, 5) is 0.923. The second kappa shape index (κ2) is 5.41. The van der Waals surface area contributed by atoms with E-state index in [4.69, 9.17) is 5.10 Å². The normalized spacial score (nSPS) is 20.6. The van der Waals surface area contributed by atoms with Gasteiger partial charge >= 0.3 is 0 Å². The highest BCUT2D eigenvalue weighted by Crippen LogP contribution is 2.25. The van der Waals surface area contributed by atoms with Gasteiger partial charge in [-0.15, -0.1) is 10.2 Å². The Hall–Kier alpha value is -1.01. The first kappa shape index (κ1) is 13.9. The van der Waals surface area contributed by atoms with Crippen LogP contribution in [0.1, 0.15) is 50.9 Å². The molecule has 1 aliphatic heterocycles. The van der Waals surface area contributed by atoms with Crippen LogP contribution in [-0.4, -0.2) is 32.9 Å². The van der Waals surface area contributed by atoms with Crippen LogP contribution in [0.3, 0.4) is 0 Å². The molecule has 0 radical (unpaired) electrons. The average Bonchev–Trinajstić information content (AvgIpc) is 2.95. The fourth-order valence-corrected chi connectivity index (χ4v) is 3.57. The zero-order chi connectivity index (χ0) is 14.2. The van der Waals surface area contributed by atoms with Crippen LogP contribution in [0.25, 0.3) is 4.96 Å². The molecule has 0 bridgehead atoms. The highest BCUT2D eigenvalue weighted by molar-refractivity contribution is 7.16. The van der Waals surface area contributed by atoms with Crippen LogP contribution in [0.5, 0.6) is 0 Å². The van der Waals surface area contributed by atoms with Gasteiger partial charge in [0.05, 0.1) is 0 Å². The van der Waals surface area contributed by atoms with Gasteiger partial charge < -0.3 is 5.32 Å². The molecular weight excluding hydrogens is 270 g/mol. The molecule has 0 aliphatic carbocycles. The van der Waals surface area contributed by atoms with Crippen LogP contribution < -0.4 is 5.32 Å². The number of nitrogens with zero attached hydrogens (tertiary/aromatic N) is 4. The first-order valence-corrected chi connectivity index (χ1v) is 8.28. The molecule has 2 aromatic rings. The largest absolute Gasteiger partial charge is 0.316 e. The van der Waals surface area contributed by atoms with E-state index >= 15 is 0 Å². The second-order valence-electron chi connectivity index (χ2n) is 6.71. The van der Waals surface area contributed by atoms with Gasteiger partial charge in [0.2, 0.25) is 4.96 Å². The molecule has 1 N–H and O–H groups in total. The first-order valence-electron chi connectivity index (χ1n) is 7.46. The van der Waals surface area contributed by atoms with E-state index in [1.807, 2.05) is 4.52 Å². The minimum Gasteiger partial charge on any atom is -0.316 e. The van der Waals surface area contributed by atoms with Crippen molar-refractivity contribution in [2.24, 2.45) is 5.92 Å². The number of aromatic nitrogens is 4. The zero-order valence-corrected chi connectivity index (χ0v) is 13.3. The molecule has 1 saturated heterocycles. The molecule has 3 rings (SSSR count). The maximum atomic E-state index is 4.71. The predicted octanol–water partition coefficient (Wildman–Crippen LogP) is 2.42. The number of fused-ring (bicyclic) bond motifs is 1. The Bertz CT molecular complexity index is 574. The summed E-state index contributed by atoms with van der Waals surface area (Å²) < 4.78 is 1.93. The molecule has 5 nitrogen and oxygen atoms in total. The van der Waals surface area contributed by atoms with E-state index in [9.17, 15) is 0 Å². The monoisotopic (exact) mass is 293 g/mol. The number of rotatable bonds is 3. The van der Waals surface area contributed by atoms with Crippen LogP contribution in [0, 0.1) is 5.92 Å². The standard InChI is InChI=1S/C14H23N5S/c1-14(2,3)12-16-17-13-19(12)18-11(20-13)7-6-10-5-4-8-15-9-10/h10,15H,4-9H2,1-3H3. The van der Waals surface area contributed by atoms with Gasteiger partial charge in [0, 0.05) is 11.8 Å². The minimum absolute atomic E-state index is 0.0158. The third kappa shape index (κ3) is 2.86. The highest BCUT2D eigenvalue weighted by Gasteiger charge is 2.23. The molecular formula is C14H23N5S. The lowest BCUT2D eigenvalue weighted by Crippen LogP contribution is -2.29. The van der Waals surface area contributed by atoms with E-state index in [2.05, 4.69) is 36.3 Å². The van der Waals surface area contributed by atoms with Crippen molar-refractivity contribution in [2.75, 3.05) is 13.1 Å². The number of hydrogen-bond donors (Lipinski definition) is 1. The van der Waals surface area contributed by atoms with Crippen LogP contribution in [0.15, 0.2) is 0 Å². The van der Waals surface area contributed by atoms with E-state index in [1.54, 1.807) is 11.3 Å².